The number of amides is 1. The summed E-state index contributed by atoms with van der Waals surface area (Å²) >= 11 is 0. The van der Waals surface area contributed by atoms with Crippen LogP contribution in [0.1, 0.15) is 38.3 Å². The van der Waals surface area contributed by atoms with Gasteiger partial charge in [-0.3, -0.25) is 23.6 Å². The molecule has 1 aromatic rings. The van der Waals surface area contributed by atoms with Gasteiger partial charge in [0, 0.05) is 58.0 Å². The van der Waals surface area contributed by atoms with E-state index in [0.717, 1.165) is 49.0 Å². The van der Waals surface area contributed by atoms with Crippen LogP contribution in [0.2, 0.25) is 0 Å². The Kier molecular flexibility index (Phi) is 4.62. The molecule has 2 aliphatic rings. The fourth-order valence-electron chi connectivity index (χ4n) is 4.21. The number of rotatable bonds is 3. The van der Waals surface area contributed by atoms with Crippen molar-refractivity contribution < 1.29 is 4.79 Å². The monoisotopic (exact) mass is 334 g/mol. The van der Waals surface area contributed by atoms with Gasteiger partial charge in [-0.1, -0.05) is 0 Å². The van der Waals surface area contributed by atoms with E-state index < -0.39 is 0 Å². The molecule has 1 aromatic heterocycles. The van der Waals surface area contributed by atoms with Crippen LogP contribution in [-0.2, 0) is 25.4 Å². The quantitative estimate of drug-likeness (QED) is 0.784. The zero-order valence-electron chi connectivity index (χ0n) is 14.7. The van der Waals surface area contributed by atoms with E-state index in [2.05, 4.69) is 4.90 Å². The Hall–Kier alpha value is -1.89. The first-order valence-corrected chi connectivity index (χ1v) is 8.67. The van der Waals surface area contributed by atoms with Crippen LogP contribution in [0.3, 0.4) is 0 Å². The molecule has 2 saturated heterocycles. The molecule has 24 heavy (non-hydrogen) atoms. The third kappa shape index (κ3) is 2.92. The number of hydrogen-bond acceptors (Lipinski definition) is 4. The number of aromatic nitrogens is 2. The zero-order valence-corrected chi connectivity index (χ0v) is 14.7. The largest absolute Gasteiger partial charge is 0.338 e. The molecule has 2 fully saturated rings. The van der Waals surface area contributed by atoms with Crippen molar-refractivity contribution in [1.29, 1.82) is 0 Å². The highest BCUT2D eigenvalue weighted by molar-refractivity contribution is 5.74. The second-order valence-electron chi connectivity index (χ2n) is 6.98. The summed E-state index contributed by atoms with van der Waals surface area (Å²) in [5.74, 6) is 0.144. The van der Waals surface area contributed by atoms with Gasteiger partial charge in [-0.25, -0.2) is 4.79 Å². The van der Waals surface area contributed by atoms with E-state index in [9.17, 15) is 14.4 Å². The Morgan fingerprint density at radius 1 is 1.08 bits per heavy atom. The van der Waals surface area contributed by atoms with Gasteiger partial charge < -0.3 is 4.90 Å². The molecule has 0 radical (unpaired) electrons. The van der Waals surface area contributed by atoms with Gasteiger partial charge >= 0.3 is 5.69 Å². The average Bonchev–Trinajstić information content (AvgIpc) is 3.18. The lowest BCUT2D eigenvalue weighted by Gasteiger charge is -2.34. The van der Waals surface area contributed by atoms with E-state index >= 15 is 0 Å². The summed E-state index contributed by atoms with van der Waals surface area (Å²) in [5.41, 5.74) is 0.178. The topological polar surface area (TPSA) is 67.6 Å². The molecule has 0 bridgehead atoms. The molecular weight excluding hydrogens is 308 g/mol. The third-order valence-corrected chi connectivity index (χ3v) is 5.55. The van der Waals surface area contributed by atoms with Crippen molar-refractivity contribution in [2.45, 2.75) is 51.2 Å². The van der Waals surface area contributed by atoms with E-state index in [1.54, 1.807) is 24.6 Å². The zero-order chi connectivity index (χ0) is 17.4. The maximum Gasteiger partial charge on any atom is 0.330 e. The van der Waals surface area contributed by atoms with Gasteiger partial charge in [0.2, 0.25) is 5.91 Å². The van der Waals surface area contributed by atoms with Crippen LogP contribution >= 0.6 is 0 Å². The maximum atomic E-state index is 12.1. The fourth-order valence-corrected chi connectivity index (χ4v) is 4.21. The third-order valence-electron chi connectivity index (χ3n) is 5.55. The van der Waals surface area contributed by atoms with Gasteiger partial charge in [0.1, 0.15) is 0 Å². The van der Waals surface area contributed by atoms with E-state index in [1.807, 2.05) is 4.90 Å². The highest BCUT2D eigenvalue weighted by Crippen LogP contribution is 2.30. The minimum atomic E-state index is -0.292. The molecular formula is C17H26N4O3. The minimum Gasteiger partial charge on any atom is -0.338 e. The SMILES string of the molecule is CC(=O)N1CCC[C@H]1[C@@H]1CCCN1Cc1cc(=O)n(C)c(=O)n1C. The molecule has 0 aromatic carbocycles. The van der Waals surface area contributed by atoms with Crippen LogP contribution in [0, 0.1) is 0 Å². The van der Waals surface area contributed by atoms with Crippen molar-refractivity contribution in [3.63, 3.8) is 0 Å². The Morgan fingerprint density at radius 3 is 2.46 bits per heavy atom. The predicted molar refractivity (Wildman–Crippen MR) is 90.8 cm³/mol. The average molecular weight is 334 g/mol. The van der Waals surface area contributed by atoms with Crippen molar-refractivity contribution in [3.05, 3.63) is 32.6 Å². The van der Waals surface area contributed by atoms with Crippen LogP contribution < -0.4 is 11.2 Å². The second kappa shape index (κ2) is 6.55. The predicted octanol–water partition coefficient (Wildman–Crippen LogP) is 0.0593. The van der Waals surface area contributed by atoms with Gasteiger partial charge in [-0.2, -0.15) is 0 Å². The van der Waals surface area contributed by atoms with Gasteiger partial charge in [0.15, 0.2) is 0 Å². The summed E-state index contributed by atoms with van der Waals surface area (Å²) in [6.45, 7) is 4.00. The summed E-state index contributed by atoms with van der Waals surface area (Å²) in [5, 5.41) is 0. The molecule has 0 unspecified atom stereocenters. The van der Waals surface area contributed by atoms with Crippen LogP contribution in [0.25, 0.3) is 0 Å². The number of nitrogens with zero attached hydrogens (tertiary/aromatic N) is 4. The molecule has 3 heterocycles. The molecule has 3 rings (SSSR count). The molecule has 132 valence electrons. The van der Waals surface area contributed by atoms with Crippen LogP contribution in [0.15, 0.2) is 15.7 Å². The van der Waals surface area contributed by atoms with Gasteiger partial charge in [-0.05, 0) is 32.2 Å². The molecule has 2 aliphatic heterocycles. The normalized spacial score (nSPS) is 24.7. The van der Waals surface area contributed by atoms with Crippen molar-refractivity contribution in [1.82, 2.24) is 18.9 Å². The van der Waals surface area contributed by atoms with Gasteiger partial charge in [-0.15, -0.1) is 0 Å². The first kappa shape index (κ1) is 17.0. The Labute approximate surface area is 141 Å². The standard InChI is InChI=1S/C17H26N4O3/c1-12(22)21-9-5-7-15(21)14-6-4-8-20(14)11-13-10-16(23)19(3)17(24)18(13)2/h10,14-15H,4-9,11H2,1-3H3/t14-,15-/m0/s1. The maximum absolute atomic E-state index is 12.1. The first-order valence-electron chi connectivity index (χ1n) is 8.67. The highest BCUT2D eigenvalue weighted by Gasteiger charge is 2.38. The number of carbonyl (C=O) groups excluding carboxylic acids is 1. The van der Waals surface area contributed by atoms with Gasteiger partial charge in [0.05, 0.1) is 0 Å². The van der Waals surface area contributed by atoms with Crippen LogP contribution in [0.4, 0.5) is 0 Å². The van der Waals surface area contributed by atoms with Crippen molar-refractivity contribution in [2.24, 2.45) is 14.1 Å². The first-order chi connectivity index (χ1) is 11.4. The van der Waals surface area contributed by atoms with E-state index in [0.29, 0.717) is 12.6 Å². The molecule has 0 aliphatic carbocycles. The summed E-state index contributed by atoms with van der Waals surface area (Å²) in [6, 6.07) is 2.12. The number of hydrogen-bond donors (Lipinski definition) is 0. The van der Waals surface area contributed by atoms with Crippen LogP contribution in [0.5, 0.6) is 0 Å². The molecule has 7 heteroatoms. The second-order valence-corrected chi connectivity index (χ2v) is 6.98. The van der Waals surface area contributed by atoms with E-state index in [4.69, 9.17) is 0 Å². The van der Waals surface area contributed by atoms with E-state index in [-0.39, 0.29) is 23.2 Å². The van der Waals surface area contributed by atoms with Crippen molar-refractivity contribution in [3.8, 4) is 0 Å². The lowest BCUT2D eigenvalue weighted by Crippen LogP contribution is -2.48. The van der Waals surface area contributed by atoms with Gasteiger partial charge in [0.25, 0.3) is 5.56 Å². The Bertz CT molecular complexity index is 751. The Morgan fingerprint density at radius 2 is 1.75 bits per heavy atom. The van der Waals surface area contributed by atoms with Crippen molar-refractivity contribution in [2.75, 3.05) is 13.1 Å². The molecule has 0 saturated carbocycles. The molecule has 0 N–H and O–H groups in total. The molecule has 0 spiro atoms. The molecule has 1 amide bonds. The highest BCUT2D eigenvalue weighted by atomic mass is 16.2. The number of likely N-dealkylation sites (tertiary alicyclic amines) is 2. The van der Waals surface area contributed by atoms with Crippen molar-refractivity contribution >= 4 is 5.91 Å². The Balaban J connectivity index is 1.84. The summed E-state index contributed by atoms with van der Waals surface area (Å²) in [6.07, 6.45) is 4.24. The summed E-state index contributed by atoms with van der Waals surface area (Å²) < 4.78 is 2.67. The smallest absolute Gasteiger partial charge is 0.330 e. The molecule has 2 atom stereocenters. The minimum absolute atomic E-state index is 0.144. The fraction of sp³-hybridized carbons (Fsp3) is 0.706. The number of carbonyl (C=O) groups is 1. The molecule has 7 nitrogen and oxygen atoms in total. The summed E-state index contributed by atoms with van der Waals surface area (Å²) in [7, 11) is 3.20. The van der Waals surface area contributed by atoms with Crippen LogP contribution in [-0.4, -0.2) is 50.0 Å². The lowest BCUT2D eigenvalue weighted by molar-refractivity contribution is -0.130. The summed E-state index contributed by atoms with van der Waals surface area (Å²) in [4.78, 5) is 40.3. The lowest BCUT2D eigenvalue weighted by atomic mass is 10.0. The van der Waals surface area contributed by atoms with E-state index in [1.165, 1.54) is 7.05 Å².